The van der Waals surface area contributed by atoms with Crippen LogP contribution in [-0.4, -0.2) is 26.1 Å². The average Bonchev–Trinajstić information content (AvgIpc) is 2.85. The maximum absolute atomic E-state index is 12.6. The molecule has 0 atom stereocenters. The lowest BCUT2D eigenvalue weighted by molar-refractivity contribution is -0.385. The molecule has 2 aromatic rings. The molecule has 0 radical (unpaired) electrons. The van der Waals surface area contributed by atoms with E-state index in [1.807, 2.05) is 31.2 Å². The molecule has 0 spiro atoms. The average molecular weight is 449 g/mol. The van der Waals surface area contributed by atoms with Crippen LogP contribution in [0, 0.1) is 17.0 Å². The molecule has 2 aromatic carbocycles. The summed E-state index contributed by atoms with van der Waals surface area (Å²) < 4.78 is 0.372. The Morgan fingerprint density at radius 3 is 2.70 bits per heavy atom. The number of nitro groups is 1. The highest BCUT2D eigenvalue weighted by Crippen LogP contribution is 2.38. The third-order valence-electron chi connectivity index (χ3n) is 3.86. The molecule has 1 aliphatic rings. The van der Waals surface area contributed by atoms with Gasteiger partial charge in [-0.3, -0.25) is 24.6 Å². The second-order valence-corrected chi connectivity index (χ2v) is 7.79. The van der Waals surface area contributed by atoms with Gasteiger partial charge in [-0.2, -0.15) is 0 Å². The molecule has 1 N–H and O–H groups in total. The zero-order chi connectivity index (χ0) is 19.7. The van der Waals surface area contributed by atoms with Gasteiger partial charge in [-0.15, -0.1) is 0 Å². The van der Waals surface area contributed by atoms with E-state index < -0.39 is 27.5 Å². The lowest BCUT2D eigenvalue weighted by atomic mass is 10.1. The Morgan fingerprint density at radius 2 is 2.04 bits per heavy atom. The number of hydrogen-bond acceptors (Lipinski definition) is 6. The van der Waals surface area contributed by atoms with Crippen LogP contribution in [0.3, 0.4) is 0 Å². The topological polar surface area (TPSA) is 101 Å². The van der Waals surface area contributed by atoms with Gasteiger partial charge < -0.3 is 5.11 Å². The molecule has 2 amide bonds. The van der Waals surface area contributed by atoms with Crippen LogP contribution in [0.2, 0.25) is 0 Å². The molecule has 27 heavy (non-hydrogen) atoms. The molecular formula is C18H13BrN2O5S. The summed E-state index contributed by atoms with van der Waals surface area (Å²) in [6.45, 7) is 2.05. The van der Waals surface area contributed by atoms with Crippen molar-refractivity contribution in [2.45, 2.75) is 13.5 Å². The second-order valence-electron chi connectivity index (χ2n) is 5.88. The highest BCUT2D eigenvalue weighted by molar-refractivity contribution is 9.10. The van der Waals surface area contributed by atoms with Crippen molar-refractivity contribution >= 4 is 50.6 Å². The second kappa shape index (κ2) is 7.53. The fourth-order valence-electron chi connectivity index (χ4n) is 2.63. The SMILES string of the molecule is Cc1cccc(CN2C(=O)S/C(=C\c3cc(Br)cc([N+](=O)[O-])c3O)C2=O)c1. The normalized spacial score (nSPS) is 15.6. The molecule has 0 aliphatic carbocycles. The fourth-order valence-corrected chi connectivity index (χ4v) is 3.92. The number of aryl methyl sites for hydroxylation is 1. The Hall–Kier alpha value is -2.65. The number of rotatable bonds is 4. The standard InChI is InChI=1S/C18H13BrN2O5S/c1-10-3-2-4-11(5-10)9-20-17(23)15(27-18(20)24)7-12-6-13(19)8-14(16(12)22)21(25)26/h2-8,22H,9H2,1H3/b15-7-. The van der Waals surface area contributed by atoms with Crippen molar-refractivity contribution in [3.05, 3.63) is 72.6 Å². The van der Waals surface area contributed by atoms with Crippen LogP contribution in [0.5, 0.6) is 5.75 Å². The summed E-state index contributed by atoms with van der Waals surface area (Å²) in [5, 5.41) is 20.7. The van der Waals surface area contributed by atoms with E-state index in [1.165, 1.54) is 12.1 Å². The summed E-state index contributed by atoms with van der Waals surface area (Å²) in [5.74, 6) is -1.07. The Morgan fingerprint density at radius 1 is 1.30 bits per heavy atom. The van der Waals surface area contributed by atoms with Gasteiger partial charge >= 0.3 is 5.69 Å². The van der Waals surface area contributed by atoms with Crippen LogP contribution in [0.15, 0.2) is 45.8 Å². The van der Waals surface area contributed by atoms with E-state index in [-0.39, 0.29) is 17.0 Å². The number of aromatic hydroxyl groups is 1. The summed E-state index contributed by atoms with van der Waals surface area (Å²) in [6, 6.07) is 10.1. The van der Waals surface area contributed by atoms with Crippen molar-refractivity contribution in [2.75, 3.05) is 0 Å². The maximum Gasteiger partial charge on any atom is 0.312 e. The minimum absolute atomic E-state index is 0.0807. The Kier molecular flexibility index (Phi) is 5.33. The minimum atomic E-state index is -0.721. The summed E-state index contributed by atoms with van der Waals surface area (Å²) in [4.78, 5) is 36.4. The van der Waals surface area contributed by atoms with Gasteiger partial charge in [0.1, 0.15) is 0 Å². The quantitative estimate of drug-likeness (QED) is 0.416. The summed E-state index contributed by atoms with van der Waals surface area (Å²) in [7, 11) is 0. The Balaban J connectivity index is 1.92. The van der Waals surface area contributed by atoms with Gasteiger partial charge in [0.2, 0.25) is 5.75 Å². The molecule has 0 aromatic heterocycles. The third-order valence-corrected chi connectivity index (χ3v) is 5.23. The molecule has 138 valence electrons. The van der Waals surface area contributed by atoms with E-state index in [9.17, 15) is 24.8 Å². The fraction of sp³-hybridized carbons (Fsp3) is 0.111. The zero-order valence-electron chi connectivity index (χ0n) is 14.0. The number of phenolic OH excluding ortho intramolecular Hbond substituents is 1. The van der Waals surface area contributed by atoms with Gasteiger partial charge in [0.15, 0.2) is 0 Å². The summed E-state index contributed by atoms with van der Waals surface area (Å²) >= 11 is 3.87. The maximum atomic E-state index is 12.6. The lowest BCUT2D eigenvalue weighted by Crippen LogP contribution is -2.27. The van der Waals surface area contributed by atoms with Crippen LogP contribution in [0.1, 0.15) is 16.7 Å². The van der Waals surface area contributed by atoms with E-state index in [0.29, 0.717) is 4.47 Å². The number of hydrogen-bond donors (Lipinski definition) is 1. The molecule has 1 fully saturated rings. The van der Waals surface area contributed by atoms with E-state index in [2.05, 4.69) is 15.9 Å². The molecule has 0 unspecified atom stereocenters. The summed E-state index contributed by atoms with van der Waals surface area (Å²) in [5.41, 5.74) is 1.42. The van der Waals surface area contributed by atoms with E-state index in [4.69, 9.17) is 0 Å². The van der Waals surface area contributed by atoms with Gasteiger partial charge in [0.25, 0.3) is 11.1 Å². The number of benzene rings is 2. The largest absolute Gasteiger partial charge is 0.502 e. The minimum Gasteiger partial charge on any atom is -0.502 e. The van der Waals surface area contributed by atoms with Gasteiger partial charge in [-0.25, -0.2) is 0 Å². The van der Waals surface area contributed by atoms with Crippen LogP contribution in [-0.2, 0) is 11.3 Å². The highest BCUT2D eigenvalue weighted by Gasteiger charge is 2.35. The number of nitrogens with zero attached hydrogens (tertiary/aromatic N) is 2. The Bertz CT molecular complexity index is 1010. The monoisotopic (exact) mass is 448 g/mol. The molecule has 0 saturated carbocycles. The molecule has 9 heteroatoms. The predicted octanol–water partition coefficient (Wildman–Crippen LogP) is 4.61. The van der Waals surface area contributed by atoms with Crippen molar-refractivity contribution < 1.29 is 19.6 Å². The number of carbonyl (C=O) groups excluding carboxylic acids is 2. The number of thioether (sulfide) groups is 1. The number of halogens is 1. The number of phenols is 1. The van der Waals surface area contributed by atoms with E-state index >= 15 is 0 Å². The smallest absolute Gasteiger partial charge is 0.312 e. The highest BCUT2D eigenvalue weighted by atomic mass is 79.9. The van der Waals surface area contributed by atoms with Crippen LogP contribution < -0.4 is 0 Å². The number of carbonyl (C=O) groups is 2. The molecule has 0 bridgehead atoms. The van der Waals surface area contributed by atoms with Crippen LogP contribution >= 0.6 is 27.7 Å². The van der Waals surface area contributed by atoms with Gasteiger partial charge in [0.05, 0.1) is 16.4 Å². The molecule has 1 saturated heterocycles. The first-order valence-electron chi connectivity index (χ1n) is 7.74. The summed E-state index contributed by atoms with van der Waals surface area (Å²) in [6.07, 6.45) is 1.29. The molecular weight excluding hydrogens is 436 g/mol. The molecule has 7 nitrogen and oxygen atoms in total. The number of amides is 2. The Labute approximate surface area is 167 Å². The third kappa shape index (κ3) is 4.04. The van der Waals surface area contributed by atoms with Crippen LogP contribution in [0.25, 0.3) is 6.08 Å². The lowest BCUT2D eigenvalue weighted by Gasteiger charge is -2.12. The van der Waals surface area contributed by atoms with Gasteiger partial charge in [-0.1, -0.05) is 45.8 Å². The van der Waals surface area contributed by atoms with E-state index in [0.717, 1.165) is 33.9 Å². The van der Waals surface area contributed by atoms with Crippen molar-refractivity contribution in [2.24, 2.45) is 0 Å². The molecule has 1 aliphatic heterocycles. The predicted molar refractivity (Wildman–Crippen MR) is 105 cm³/mol. The van der Waals surface area contributed by atoms with Crippen molar-refractivity contribution in [3.63, 3.8) is 0 Å². The molecule has 1 heterocycles. The zero-order valence-corrected chi connectivity index (χ0v) is 16.4. The van der Waals surface area contributed by atoms with Gasteiger partial charge in [0, 0.05) is 16.1 Å². The molecule has 3 rings (SSSR count). The van der Waals surface area contributed by atoms with Gasteiger partial charge in [-0.05, 0) is 36.4 Å². The van der Waals surface area contributed by atoms with Crippen molar-refractivity contribution in [3.8, 4) is 5.75 Å². The number of imide groups is 1. The first kappa shape index (κ1) is 19.1. The van der Waals surface area contributed by atoms with Crippen LogP contribution in [0.4, 0.5) is 10.5 Å². The first-order valence-corrected chi connectivity index (χ1v) is 9.35. The first-order chi connectivity index (χ1) is 12.8. The number of nitro benzene ring substituents is 1. The van der Waals surface area contributed by atoms with E-state index in [1.54, 1.807) is 0 Å². The van der Waals surface area contributed by atoms with Crippen molar-refractivity contribution in [1.29, 1.82) is 0 Å². The van der Waals surface area contributed by atoms with Crippen molar-refractivity contribution in [1.82, 2.24) is 4.90 Å².